The van der Waals surface area contributed by atoms with Gasteiger partial charge in [0.15, 0.2) is 0 Å². The number of hydrogen-bond acceptors (Lipinski definition) is 4. The average molecular weight is 278 g/mol. The molecule has 19 heavy (non-hydrogen) atoms. The second kappa shape index (κ2) is 4.30. The van der Waals surface area contributed by atoms with Crippen LogP contribution >= 0.6 is 11.6 Å². The number of halogens is 1. The Balaban J connectivity index is 1.95. The molecule has 1 saturated carbocycles. The molecule has 2 aliphatic rings. The largest absolute Gasteiger partial charge is 0.306 e. The topological polar surface area (TPSA) is 54.4 Å². The van der Waals surface area contributed by atoms with Gasteiger partial charge in [-0.2, -0.15) is 5.10 Å². The van der Waals surface area contributed by atoms with Crippen molar-refractivity contribution in [3.8, 4) is 0 Å². The first-order valence-electron chi connectivity index (χ1n) is 6.45. The van der Waals surface area contributed by atoms with Gasteiger partial charge in [0.25, 0.3) is 0 Å². The van der Waals surface area contributed by atoms with Gasteiger partial charge < -0.3 is 5.43 Å². The van der Waals surface area contributed by atoms with Crippen LogP contribution in [-0.4, -0.2) is 22.5 Å². The number of fused-ring (bicyclic) bond motifs is 1. The average Bonchev–Trinajstić information content (AvgIpc) is 2.71. The van der Waals surface area contributed by atoms with E-state index in [2.05, 4.69) is 29.4 Å². The molecule has 4 nitrogen and oxygen atoms in total. The summed E-state index contributed by atoms with van der Waals surface area (Å²) in [4.78, 5) is 16.5. The fourth-order valence-electron chi connectivity index (χ4n) is 3.08. The summed E-state index contributed by atoms with van der Waals surface area (Å²) in [6.45, 7) is 4.25. The van der Waals surface area contributed by atoms with Gasteiger partial charge in [-0.05, 0) is 24.0 Å². The molecule has 0 amide bonds. The molecule has 5 heteroatoms. The Morgan fingerprint density at radius 3 is 3.00 bits per heavy atom. The Bertz CT molecular complexity index is 568. The second-order valence-electron chi connectivity index (χ2n) is 6.06. The van der Waals surface area contributed by atoms with Crippen LogP contribution < -0.4 is 5.43 Å². The van der Waals surface area contributed by atoms with Gasteiger partial charge in [-0.3, -0.25) is 4.79 Å². The molecular formula is C14H16ClN3O. The van der Waals surface area contributed by atoms with Gasteiger partial charge in [0.1, 0.15) is 10.9 Å². The zero-order valence-corrected chi connectivity index (χ0v) is 11.7. The lowest BCUT2D eigenvalue weighted by atomic mass is 9.68. The SMILES string of the molecule is CC1(C)CC(=O)[C@@H]2C(c3cccnc3Cl)=NN[C@H]2C1. The van der Waals surface area contributed by atoms with E-state index >= 15 is 0 Å². The highest BCUT2D eigenvalue weighted by atomic mass is 35.5. The first-order chi connectivity index (χ1) is 8.98. The summed E-state index contributed by atoms with van der Waals surface area (Å²) >= 11 is 6.11. The molecule has 1 N–H and O–H groups in total. The maximum Gasteiger partial charge on any atom is 0.144 e. The van der Waals surface area contributed by atoms with Crippen LogP contribution in [0.3, 0.4) is 0 Å². The van der Waals surface area contributed by atoms with Crippen LogP contribution in [0.1, 0.15) is 32.3 Å². The number of ketones is 1. The minimum atomic E-state index is -0.185. The molecule has 2 heterocycles. The smallest absolute Gasteiger partial charge is 0.144 e. The van der Waals surface area contributed by atoms with Gasteiger partial charge in [-0.1, -0.05) is 25.4 Å². The molecular weight excluding hydrogens is 262 g/mol. The van der Waals surface area contributed by atoms with E-state index in [4.69, 9.17) is 11.6 Å². The molecule has 0 bridgehead atoms. The standard InChI is InChI=1S/C14H16ClN3O/c1-14(2)6-9-11(10(19)7-14)12(18-17-9)8-4-3-5-16-13(8)15/h3-5,9,11,17H,6-7H2,1-2H3/t9-,11+/m0/s1. The number of nitrogens with one attached hydrogen (secondary N) is 1. The Labute approximate surface area is 117 Å². The molecule has 2 atom stereocenters. The number of hydrazone groups is 1. The number of aromatic nitrogens is 1. The maximum atomic E-state index is 12.4. The summed E-state index contributed by atoms with van der Waals surface area (Å²) in [5.41, 5.74) is 4.64. The first kappa shape index (κ1) is 12.6. The van der Waals surface area contributed by atoms with Crippen molar-refractivity contribution in [2.24, 2.45) is 16.4 Å². The minimum Gasteiger partial charge on any atom is -0.306 e. The van der Waals surface area contributed by atoms with E-state index in [9.17, 15) is 4.79 Å². The number of hydrogen-bond donors (Lipinski definition) is 1. The van der Waals surface area contributed by atoms with Gasteiger partial charge in [-0.25, -0.2) is 4.98 Å². The number of rotatable bonds is 1. The predicted molar refractivity (Wildman–Crippen MR) is 74.2 cm³/mol. The van der Waals surface area contributed by atoms with Crippen molar-refractivity contribution in [2.75, 3.05) is 0 Å². The molecule has 0 radical (unpaired) electrons. The number of carbonyl (C=O) groups is 1. The Kier molecular flexibility index (Phi) is 2.86. The van der Waals surface area contributed by atoms with E-state index in [-0.39, 0.29) is 23.2 Å². The maximum absolute atomic E-state index is 12.4. The summed E-state index contributed by atoms with van der Waals surface area (Å²) in [5, 5.41) is 4.75. The van der Waals surface area contributed by atoms with Crippen LogP contribution in [0.15, 0.2) is 23.4 Å². The third kappa shape index (κ3) is 2.14. The van der Waals surface area contributed by atoms with Crippen LogP contribution in [0.5, 0.6) is 0 Å². The van der Waals surface area contributed by atoms with Crippen molar-refractivity contribution in [1.29, 1.82) is 0 Å². The molecule has 1 aromatic rings. The Hall–Kier alpha value is -1.42. The minimum absolute atomic E-state index is 0.0367. The van der Waals surface area contributed by atoms with E-state index in [1.54, 1.807) is 6.20 Å². The fourth-order valence-corrected chi connectivity index (χ4v) is 3.30. The van der Waals surface area contributed by atoms with Crippen molar-refractivity contribution >= 4 is 23.1 Å². The summed E-state index contributed by atoms with van der Waals surface area (Å²) in [7, 11) is 0. The van der Waals surface area contributed by atoms with Gasteiger partial charge in [0.2, 0.25) is 0 Å². The molecule has 1 aliphatic heterocycles. The number of nitrogens with zero attached hydrogens (tertiary/aromatic N) is 2. The summed E-state index contributed by atoms with van der Waals surface area (Å²) in [6.07, 6.45) is 3.17. The van der Waals surface area contributed by atoms with E-state index in [1.165, 1.54) is 0 Å². The Morgan fingerprint density at radius 1 is 1.47 bits per heavy atom. The fraction of sp³-hybridized carbons (Fsp3) is 0.500. The van der Waals surface area contributed by atoms with Gasteiger partial charge in [0.05, 0.1) is 17.7 Å². The van der Waals surface area contributed by atoms with Crippen LogP contribution in [0.4, 0.5) is 0 Å². The van der Waals surface area contributed by atoms with E-state index in [1.807, 2.05) is 12.1 Å². The highest BCUT2D eigenvalue weighted by Gasteiger charge is 2.46. The lowest BCUT2D eigenvalue weighted by molar-refractivity contribution is -0.126. The molecule has 100 valence electrons. The zero-order chi connectivity index (χ0) is 13.6. The molecule has 0 unspecified atom stereocenters. The quantitative estimate of drug-likeness (QED) is 0.802. The van der Waals surface area contributed by atoms with Crippen molar-refractivity contribution in [2.45, 2.75) is 32.7 Å². The zero-order valence-electron chi connectivity index (χ0n) is 11.0. The van der Waals surface area contributed by atoms with Gasteiger partial charge >= 0.3 is 0 Å². The monoisotopic (exact) mass is 277 g/mol. The first-order valence-corrected chi connectivity index (χ1v) is 6.82. The lowest BCUT2D eigenvalue weighted by Crippen LogP contribution is -2.45. The number of pyridine rings is 1. The van der Waals surface area contributed by atoms with Crippen LogP contribution in [0.2, 0.25) is 5.15 Å². The van der Waals surface area contributed by atoms with Gasteiger partial charge in [0, 0.05) is 18.2 Å². The van der Waals surface area contributed by atoms with Crippen LogP contribution in [-0.2, 0) is 4.79 Å². The predicted octanol–water partition coefficient (Wildman–Crippen LogP) is 2.42. The van der Waals surface area contributed by atoms with Crippen molar-refractivity contribution in [3.05, 3.63) is 29.0 Å². The second-order valence-corrected chi connectivity index (χ2v) is 6.42. The van der Waals surface area contributed by atoms with Crippen LogP contribution in [0, 0.1) is 11.3 Å². The summed E-state index contributed by atoms with van der Waals surface area (Å²) in [5.74, 6) is 0.0552. The lowest BCUT2D eigenvalue weighted by Gasteiger charge is -2.36. The summed E-state index contributed by atoms with van der Waals surface area (Å²) in [6, 6.07) is 3.77. The number of Topliss-reactive ketones (excluding diaryl/α,β-unsaturated/α-hetero) is 1. The third-order valence-electron chi connectivity index (χ3n) is 3.85. The molecule has 1 fully saturated rings. The number of carbonyl (C=O) groups excluding carboxylic acids is 1. The van der Waals surface area contributed by atoms with Crippen molar-refractivity contribution < 1.29 is 4.79 Å². The van der Waals surface area contributed by atoms with Gasteiger partial charge in [-0.15, -0.1) is 0 Å². The molecule has 0 spiro atoms. The third-order valence-corrected chi connectivity index (χ3v) is 4.16. The molecule has 0 aromatic carbocycles. The van der Waals surface area contributed by atoms with E-state index in [0.717, 1.165) is 17.7 Å². The Morgan fingerprint density at radius 2 is 2.26 bits per heavy atom. The van der Waals surface area contributed by atoms with Crippen LogP contribution in [0.25, 0.3) is 0 Å². The normalized spacial score (nSPS) is 28.6. The van der Waals surface area contributed by atoms with E-state index in [0.29, 0.717) is 11.6 Å². The highest BCUT2D eigenvalue weighted by Crippen LogP contribution is 2.40. The van der Waals surface area contributed by atoms with Crippen molar-refractivity contribution in [3.63, 3.8) is 0 Å². The van der Waals surface area contributed by atoms with Crippen molar-refractivity contribution in [1.82, 2.24) is 10.4 Å². The summed E-state index contributed by atoms with van der Waals surface area (Å²) < 4.78 is 0. The molecule has 0 saturated heterocycles. The molecule has 3 rings (SSSR count). The molecule has 1 aliphatic carbocycles. The highest BCUT2D eigenvalue weighted by molar-refractivity contribution is 6.34. The molecule has 1 aromatic heterocycles. The van der Waals surface area contributed by atoms with E-state index < -0.39 is 0 Å².